The molecule has 0 rings (SSSR count). The minimum atomic E-state index is -0.550. The molecule has 0 bridgehead atoms. The molecule has 1 unspecified atom stereocenters. The van der Waals surface area contributed by atoms with Crippen molar-refractivity contribution in [2.24, 2.45) is 0 Å². The van der Waals surface area contributed by atoms with Gasteiger partial charge in [0.25, 0.3) is 0 Å². The normalized spacial score (nSPS) is 12.9. The highest BCUT2D eigenvalue weighted by atomic mass is 16.6. The van der Waals surface area contributed by atoms with E-state index in [1.807, 2.05) is 0 Å². The first kappa shape index (κ1) is 59.1. The fraction of sp³-hybridized carbons (Fsp3) is 0.719. The Labute approximate surface area is 384 Å². The summed E-state index contributed by atoms with van der Waals surface area (Å²) in [6.07, 6.45) is 68.7. The van der Waals surface area contributed by atoms with Crippen molar-refractivity contribution in [1.82, 2.24) is 0 Å². The quantitative estimate of drug-likeness (QED) is 0.0346. The van der Waals surface area contributed by atoms with Crippen LogP contribution in [-0.4, -0.2) is 37.9 Å². The number of ether oxygens (including phenoxy) is 3. The van der Waals surface area contributed by atoms with E-state index in [4.69, 9.17) is 14.2 Å². The molecule has 1 atom stereocenters. The molecule has 5 heteroatoms. The van der Waals surface area contributed by atoms with Crippen molar-refractivity contribution in [3.8, 4) is 0 Å². The summed E-state index contributed by atoms with van der Waals surface area (Å²) >= 11 is 0. The minimum Gasteiger partial charge on any atom is -0.462 e. The molecule has 0 spiro atoms. The zero-order valence-electron chi connectivity index (χ0n) is 40.9. The first-order valence-corrected chi connectivity index (χ1v) is 26.1. The summed E-state index contributed by atoms with van der Waals surface area (Å²) in [5, 5.41) is 0. The van der Waals surface area contributed by atoms with E-state index in [1.54, 1.807) is 0 Å². The molecule has 5 nitrogen and oxygen atoms in total. The van der Waals surface area contributed by atoms with Gasteiger partial charge >= 0.3 is 11.9 Å². The van der Waals surface area contributed by atoms with Crippen LogP contribution in [-0.2, 0) is 23.8 Å². The van der Waals surface area contributed by atoms with Gasteiger partial charge in [-0.15, -0.1) is 0 Å². The molecular weight excluding hydrogens is 765 g/mol. The average molecular weight is 863 g/mol. The van der Waals surface area contributed by atoms with Gasteiger partial charge in [0.15, 0.2) is 6.10 Å². The number of hydrogen-bond acceptors (Lipinski definition) is 5. The number of rotatable bonds is 47. The second kappa shape index (κ2) is 52.4. The lowest BCUT2D eigenvalue weighted by atomic mass is 10.1. The first-order valence-electron chi connectivity index (χ1n) is 26.1. The average Bonchev–Trinajstić information content (AvgIpc) is 3.27. The van der Waals surface area contributed by atoms with Gasteiger partial charge in [-0.1, -0.05) is 215 Å². The SMILES string of the molecule is CC/C=C\C/C=C\C/C=C\C/C=C\CCCCCCCCC(=O)OCC(COCCCCCCCCCC)OC(=O)CCCCCCCC/C=C\C/C=C\C/C=C\CCCCC. The molecule has 0 radical (unpaired) electrons. The van der Waals surface area contributed by atoms with Crippen LogP contribution >= 0.6 is 0 Å². The standard InChI is InChI=1S/C57H98O5/c1-4-7-10-13-16-19-21-23-25-27-29-31-33-35-37-39-41-44-47-50-56(58)61-54-55(53-60-52-49-46-43-18-15-12-9-6-3)62-57(59)51-48-45-42-40-38-36-34-32-30-28-26-24-22-20-17-14-11-8-5-2/h7,10,16-17,19-20,23-26,29-32,55H,4-6,8-9,11-15,18,21-22,27-28,33-54H2,1-3H3/b10-7-,19-16-,20-17-,25-23-,26-24-,31-29-,32-30-. The number of allylic oxidation sites excluding steroid dienone is 14. The Bertz CT molecular complexity index is 1160. The van der Waals surface area contributed by atoms with Crippen molar-refractivity contribution in [2.45, 2.75) is 245 Å². The van der Waals surface area contributed by atoms with E-state index in [9.17, 15) is 9.59 Å². The van der Waals surface area contributed by atoms with Crippen molar-refractivity contribution in [2.75, 3.05) is 19.8 Å². The highest BCUT2D eigenvalue weighted by Crippen LogP contribution is 2.13. The molecule has 0 aliphatic carbocycles. The molecule has 0 aromatic carbocycles. The van der Waals surface area contributed by atoms with Gasteiger partial charge in [0.1, 0.15) is 6.61 Å². The summed E-state index contributed by atoms with van der Waals surface area (Å²) in [4.78, 5) is 25.4. The molecule has 0 amide bonds. The van der Waals surface area contributed by atoms with E-state index >= 15 is 0 Å². The maximum absolute atomic E-state index is 12.8. The van der Waals surface area contributed by atoms with Crippen molar-refractivity contribution in [3.05, 3.63) is 85.1 Å². The lowest BCUT2D eigenvalue weighted by molar-refractivity contribution is -0.163. The van der Waals surface area contributed by atoms with Gasteiger partial charge in [-0.25, -0.2) is 0 Å². The predicted octanol–water partition coefficient (Wildman–Crippen LogP) is 17.7. The maximum Gasteiger partial charge on any atom is 0.306 e. The monoisotopic (exact) mass is 863 g/mol. The van der Waals surface area contributed by atoms with Gasteiger partial charge in [-0.2, -0.15) is 0 Å². The molecular formula is C57H98O5. The van der Waals surface area contributed by atoms with Gasteiger partial charge in [0.05, 0.1) is 6.61 Å². The number of esters is 2. The van der Waals surface area contributed by atoms with Gasteiger partial charge in [0.2, 0.25) is 0 Å². The summed E-state index contributed by atoms with van der Waals surface area (Å²) in [7, 11) is 0. The van der Waals surface area contributed by atoms with E-state index in [-0.39, 0.29) is 25.2 Å². The molecule has 62 heavy (non-hydrogen) atoms. The molecule has 0 aliphatic rings. The number of carbonyl (C=O) groups excluding carboxylic acids is 2. The van der Waals surface area contributed by atoms with E-state index in [2.05, 4.69) is 106 Å². The van der Waals surface area contributed by atoms with Gasteiger partial charge in [-0.05, 0) is 96.3 Å². The number of carbonyl (C=O) groups is 2. The molecule has 0 aromatic rings. The fourth-order valence-corrected chi connectivity index (χ4v) is 7.04. The van der Waals surface area contributed by atoms with Crippen LogP contribution in [0.5, 0.6) is 0 Å². The van der Waals surface area contributed by atoms with Crippen LogP contribution in [0, 0.1) is 0 Å². The van der Waals surface area contributed by atoms with Crippen LogP contribution in [0.15, 0.2) is 85.1 Å². The molecule has 0 heterocycles. The fourth-order valence-electron chi connectivity index (χ4n) is 7.04. The second-order valence-corrected chi connectivity index (χ2v) is 17.0. The Morgan fingerprint density at radius 1 is 0.371 bits per heavy atom. The summed E-state index contributed by atoms with van der Waals surface area (Å²) in [5.74, 6) is -0.428. The summed E-state index contributed by atoms with van der Waals surface area (Å²) in [5.41, 5.74) is 0. The first-order chi connectivity index (χ1) is 30.6. The van der Waals surface area contributed by atoms with Crippen molar-refractivity contribution in [3.63, 3.8) is 0 Å². The lowest BCUT2D eigenvalue weighted by Gasteiger charge is -2.18. The van der Waals surface area contributed by atoms with Crippen LogP contribution in [0.2, 0.25) is 0 Å². The molecule has 0 saturated heterocycles. The summed E-state index contributed by atoms with van der Waals surface area (Å²) in [6.45, 7) is 7.65. The topological polar surface area (TPSA) is 61.8 Å². The van der Waals surface area contributed by atoms with Gasteiger partial charge in [0, 0.05) is 19.4 Å². The molecule has 356 valence electrons. The van der Waals surface area contributed by atoms with Crippen LogP contribution < -0.4 is 0 Å². The minimum absolute atomic E-state index is 0.0700. The van der Waals surface area contributed by atoms with Gasteiger partial charge in [-0.3, -0.25) is 9.59 Å². The van der Waals surface area contributed by atoms with Crippen LogP contribution in [0.25, 0.3) is 0 Å². The number of hydrogen-bond donors (Lipinski definition) is 0. The largest absolute Gasteiger partial charge is 0.462 e. The van der Waals surface area contributed by atoms with E-state index < -0.39 is 6.10 Å². The Morgan fingerprint density at radius 2 is 0.726 bits per heavy atom. The van der Waals surface area contributed by atoms with E-state index in [0.29, 0.717) is 19.4 Å². The molecule has 0 aliphatic heterocycles. The Hall–Kier alpha value is -2.92. The third-order valence-corrected chi connectivity index (χ3v) is 10.9. The third-order valence-electron chi connectivity index (χ3n) is 10.9. The highest BCUT2D eigenvalue weighted by molar-refractivity contribution is 5.70. The highest BCUT2D eigenvalue weighted by Gasteiger charge is 2.17. The molecule has 0 fully saturated rings. The van der Waals surface area contributed by atoms with Crippen molar-refractivity contribution < 1.29 is 23.8 Å². The molecule has 0 aromatic heterocycles. The van der Waals surface area contributed by atoms with Crippen LogP contribution in [0.4, 0.5) is 0 Å². The van der Waals surface area contributed by atoms with Gasteiger partial charge < -0.3 is 14.2 Å². The zero-order chi connectivity index (χ0) is 44.9. The number of unbranched alkanes of at least 4 members (excludes halogenated alkanes) is 22. The van der Waals surface area contributed by atoms with E-state index in [0.717, 1.165) is 103 Å². The lowest BCUT2D eigenvalue weighted by Crippen LogP contribution is -2.30. The maximum atomic E-state index is 12.8. The van der Waals surface area contributed by atoms with E-state index in [1.165, 1.54) is 103 Å². The van der Waals surface area contributed by atoms with Crippen LogP contribution in [0.1, 0.15) is 239 Å². The third kappa shape index (κ3) is 49.7. The van der Waals surface area contributed by atoms with Crippen LogP contribution in [0.3, 0.4) is 0 Å². The molecule has 0 saturated carbocycles. The van der Waals surface area contributed by atoms with Crippen molar-refractivity contribution in [1.29, 1.82) is 0 Å². The Morgan fingerprint density at radius 3 is 1.19 bits per heavy atom. The smallest absolute Gasteiger partial charge is 0.306 e. The predicted molar refractivity (Wildman–Crippen MR) is 270 cm³/mol. The zero-order valence-corrected chi connectivity index (χ0v) is 40.9. The Kier molecular flexibility index (Phi) is 50.0. The van der Waals surface area contributed by atoms with Crippen molar-refractivity contribution >= 4 is 11.9 Å². The Balaban J connectivity index is 4.21. The summed E-state index contributed by atoms with van der Waals surface area (Å²) < 4.78 is 17.3. The second-order valence-electron chi connectivity index (χ2n) is 17.0. The molecule has 0 N–H and O–H groups in total. The summed E-state index contributed by atoms with van der Waals surface area (Å²) in [6, 6.07) is 0.